The number of ether oxygens (including phenoxy) is 2. The van der Waals surface area contributed by atoms with E-state index < -0.39 is 27.6 Å². The number of benzene rings is 2. The second kappa shape index (κ2) is 9.70. The maximum Gasteiger partial charge on any atom is 0.573 e. The van der Waals surface area contributed by atoms with E-state index in [9.17, 15) is 21.6 Å². The van der Waals surface area contributed by atoms with Crippen LogP contribution in [0.3, 0.4) is 0 Å². The number of hydrogen-bond donors (Lipinski definition) is 0. The average molecular weight is 571 g/mol. The summed E-state index contributed by atoms with van der Waals surface area (Å²) in [6, 6.07) is 14.2. The first kappa shape index (κ1) is 27.0. The summed E-state index contributed by atoms with van der Waals surface area (Å²) in [6.45, 7) is 3.52. The Morgan fingerprint density at radius 2 is 1.65 bits per heavy atom. The number of fused-ring (bicyclic) bond motifs is 1. The van der Waals surface area contributed by atoms with Gasteiger partial charge in [-0.3, -0.25) is 0 Å². The smallest absolute Gasteiger partial charge is 0.497 e. The lowest BCUT2D eigenvalue weighted by Gasteiger charge is -2.29. The van der Waals surface area contributed by atoms with Crippen LogP contribution in [0.15, 0.2) is 60.0 Å². The molecule has 6 nitrogen and oxygen atoms in total. The summed E-state index contributed by atoms with van der Waals surface area (Å²) in [5.74, 6) is -0.244. The number of methoxy groups -OCH3 is 1. The minimum atomic E-state index is -4.89. The molecule has 0 saturated heterocycles. The van der Waals surface area contributed by atoms with Crippen LogP contribution in [0.2, 0.25) is 5.15 Å². The van der Waals surface area contributed by atoms with Crippen LogP contribution in [-0.2, 0) is 15.4 Å². The van der Waals surface area contributed by atoms with Crippen molar-refractivity contribution < 1.29 is 31.1 Å². The largest absolute Gasteiger partial charge is 0.573 e. The molecule has 37 heavy (non-hydrogen) atoms. The number of sulfonamides is 1. The monoisotopic (exact) mass is 570 g/mol. The predicted molar refractivity (Wildman–Crippen MR) is 140 cm³/mol. The number of thiophene rings is 1. The summed E-state index contributed by atoms with van der Waals surface area (Å²) < 4.78 is 76.0. The predicted octanol–water partition coefficient (Wildman–Crippen LogP) is 7.28. The number of anilines is 2. The molecule has 0 saturated carbocycles. The zero-order valence-electron chi connectivity index (χ0n) is 20.1. The van der Waals surface area contributed by atoms with E-state index in [1.165, 1.54) is 30.6 Å². The maximum atomic E-state index is 12.9. The van der Waals surface area contributed by atoms with Gasteiger partial charge in [-0.15, -0.1) is 24.5 Å². The van der Waals surface area contributed by atoms with Crippen LogP contribution in [0, 0.1) is 0 Å². The second-order valence-corrected chi connectivity index (χ2v) is 11.9. The second-order valence-electron chi connectivity index (χ2n) is 8.78. The van der Waals surface area contributed by atoms with Gasteiger partial charge in [0, 0.05) is 16.2 Å². The van der Waals surface area contributed by atoms with Crippen molar-refractivity contribution in [3.8, 4) is 11.5 Å². The van der Waals surface area contributed by atoms with E-state index in [4.69, 9.17) is 16.3 Å². The Morgan fingerprint density at radius 3 is 2.30 bits per heavy atom. The maximum absolute atomic E-state index is 12.9. The standard InChI is InChI=1S/C25H22ClF3N2O4S2/c1-24(2,16-10-19(34-3)14-20(11-16)35-25(27,28)29)17-12-22(26)30-23(13-17)31(37(4,32)33)18-5-6-21-15(9-18)7-8-36-21/h5-14H,1-4H3. The number of halogens is 4. The minimum Gasteiger partial charge on any atom is -0.497 e. The summed E-state index contributed by atoms with van der Waals surface area (Å²) in [4.78, 5) is 4.27. The molecule has 0 N–H and O–H groups in total. The molecule has 0 fully saturated rings. The Morgan fingerprint density at radius 1 is 0.973 bits per heavy atom. The molecule has 4 aromatic rings. The molecule has 0 atom stereocenters. The van der Waals surface area contributed by atoms with E-state index >= 15 is 0 Å². The highest BCUT2D eigenvalue weighted by atomic mass is 35.5. The Kier molecular flexibility index (Phi) is 7.08. The van der Waals surface area contributed by atoms with Crippen LogP contribution in [-0.4, -0.2) is 33.1 Å². The molecule has 0 aliphatic heterocycles. The molecule has 0 unspecified atom stereocenters. The average Bonchev–Trinajstić information content (AvgIpc) is 3.24. The fourth-order valence-corrected chi connectivity index (χ4v) is 5.84. The van der Waals surface area contributed by atoms with Crippen LogP contribution in [0.5, 0.6) is 11.5 Å². The van der Waals surface area contributed by atoms with Gasteiger partial charge in [0.2, 0.25) is 10.0 Å². The third kappa shape index (κ3) is 5.94. The minimum absolute atomic E-state index is 0.0143. The summed E-state index contributed by atoms with van der Waals surface area (Å²) >= 11 is 7.88. The van der Waals surface area contributed by atoms with Crippen LogP contribution in [0.1, 0.15) is 25.0 Å². The van der Waals surface area contributed by atoms with Crippen molar-refractivity contribution in [1.29, 1.82) is 0 Å². The van der Waals surface area contributed by atoms with Gasteiger partial charge in [0.05, 0.1) is 19.1 Å². The van der Waals surface area contributed by atoms with E-state index in [1.54, 1.807) is 38.1 Å². The molecular weight excluding hydrogens is 549 g/mol. The third-order valence-corrected chi connectivity index (χ3v) is 7.94. The number of hydrogen-bond acceptors (Lipinski definition) is 6. The molecule has 0 spiro atoms. The van der Waals surface area contributed by atoms with E-state index in [0.29, 0.717) is 16.8 Å². The van der Waals surface area contributed by atoms with Crippen molar-refractivity contribution in [2.75, 3.05) is 17.7 Å². The molecule has 4 rings (SSSR count). The first-order valence-corrected chi connectivity index (χ1v) is 13.9. The first-order valence-electron chi connectivity index (χ1n) is 10.8. The van der Waals surface area contributed by atoms with Gasteiger partial charge in [0.25, 0.3) is 0 Å². The SMILES string of the molecule is COc1cc(OC(F)(F)F)cc(C(C)(C)c2cc(Cl)nc(N(c3ccc4sccc4c3)S(C)(=O)=O)c2)c1. The lowest BCUT2D eigenvalue weighted by atomic mass is 9.78. The van der Waals surface area contributed by atoms with Gasteiger partial charge < -0.3 is 9.47 Å². The molecule has 0 aliphatic carbocycles. The van der Waals surface area contributed by atoms with Gasteiger partial charge in [-0.1, -0.05) is 25.4 Å². The van der Waals surface area contributed by atoms with Gasteiger partial charge in [0.1, 0.15) is 22.5 Å². The van der Waals surface area contributed by atoms with Crippen molar-refractivity contribution in [2.24, 2.45) is 0 Å². The fraction of sp³-hybridized carbons (Fsp3) is 0.240. The highest BCUT2D eigenvalue weighted by Crippen LogP contribution is 2.40. The number of alkyl halides is 3. The van der Waals surface area contributed by atoms with Crippen molar-refractivity contribution in [3.63, 3.8) is 0 Å². The topological polar surface area (TPSA) is 68.7 Å². The van der Waals surface area contributed by atoms with Crippen molar-refractivity contribution in [3.05, 3.63) is 76.3 Å². The Labute approximate surface area is 221 Å². The van der Waals surface area contributed by atoms with Crippen LogP contribution in [0.4, 0.5) is 24.7 Å². The summed E-state index contributed by atoms with van der Waals surface area (Å²) in [5, 5.41) is 2.79. The quantitative estimate of drug-likeness (QED) is 0.218. The van der Waals surface area contributed by atoms with Crippen LogP contribution >= 0.6 is 22.9 Å². The van der Waals surface area contributed by atoms with Crippen molar-refractivity contribution in [1.82, 2.24) is 4.98 Å². The van der Waals surface area contributed by atoms with Crippen LogP contribution in [0.25, 0.3) is 10.1 Å². The van der Waals surface area contributed by atoms with Crippen molar-refractivity contribution in [2.45, 2.75) is 25.6 Å². The third-order valence-electron chi connectivity index (χ3n) is 5.78. The van der Waals surface area contributed by atoms with Gasteiger partial charge in [-0.05, 0) is 70.4 Å². The van der Waals surface area contributed by atoms with E-state index in [2.05, 4.69) is 9.72 Å². The molecule has 12 heteroatoms. The fourth-order valence-electron chi connectivity index (χ4n) is 3.93. The van der Waals surface area contributed by atoms with Gasteiger partial charge >= 0.3 is 6.36 Å². The summed E-state index contributed by atoms with van der Waals surface area (Å²) in [5.41, 5.74) is 0.345. The summed E-state index contributed by atoms with van der Waals surface area (Å²) in [6.07, 6.45) is -3.83. The van der Waals surface area contributed by atoms with E-state index in [0.717, 1.165) is 26.7 Å². The molecule has 0 bridgehead atoms. The molecule has 0 aliphatic rings. The van der Waals surface area contributed by atoms with E-state index in [1.807, 2.05) is 17.5 Å². The van der Waals surface area contributed by atoms with E-state index in [-0.39, 0.29) is 16.7 Å². The number of nitrogens with zero attached hydrogens (tertiary/aromatic N) is 2. The summed E-state index contributed by atoms with van der Waals surface area (Å²) in [7, 11) is -2.52. The zero-order chi connectivity index (χ0) is 27.2. The van der Waals surface area contributed by atoms with Crippen molar-refractivity contribution >= 4 is 54.6 Å². The normalized spacial score (nSPS) is 12.5. The lowest BCUT2D eigenvalue weighted by Crippen LogP contribution is -2.27. The molecule has 196 valence electrons. The van der Waals surface area contributed by atoms with Gasteiger partial charge in [-0.2, -0.15) is 0 Å². The van der Waals surface area contributed by atoms with Crippen LogP contribution < -0.4 is 13.8 Å². The molecule has 0 radical (unpaired) electrons. The molecule has 2 aromatic carbocycles. The molecule has 0 amide bonds. The number of rotatable bonds is 7. The van der Waals surface area contributed by atoms with Gasteiger partial charge in [-0.25, -0.2) is 17.7 Å². The highest BCUT2D eigenvalue weighted by molar-refractivity contribution is 7.92. The number of pyridine rings is 1. The van der Waals surface area contributed by atoms with Gasteiger partial charge in [0.15, 0.2) is 0 Å². The Bertz CT molecular complexity index is 1570. The number of aromatic nitrogens is 1. The first-order chi connectivity index (χ1) is 17.2. The Balaban J connectivity index is 1.85. The Hall–Kier alpha value is -3.02. The molecule has 2 heterocycles. The zero-order valence-corrected chi connectivity index (χ0v) is 22.5. The molecular formula is C25H22ClF3N2O4S2. The lowest BCUT2D eigenvalue weighted by molar-refractivity contribution is -0.274. The molecule has 2 aromatic heterocycles. The highest BCUT2D eigenvalue weighted by Gasteiger charge is 2.33.